The van der Waals surface area contributed by atoms with Crippen LogP contribution in [0.3, 0.4) is 0 Å². The van der Waals surface area contributed by atoms with Gasteiger partial charge in [-0.25, -0.2) is 22.8 Å². The molecule has 0 aliphatic rings. The number of nitrogens with one attached hydrogen (secondary N) is 2. The minimum absolute atomic E-state index is 0.331. The molecule has 1 aromatic carbocycles. The maximum absolute atomic E-state index is 13.4. The molecule has 8 heteroatoms. The number of amides is 2. The zero-order valence-corrected chi connectivity index (χ0v) is 11.4. The van der Waals surface area contributed by atoms with Crippen molar-refractivity contribution in [2.75, 3.05) is 5.32 Å². The quantitative estimate of drug-likeness (QED) is 0.732. The van der Waals surface area contributed by atoms with Gasteiger partial charge in [-0.3, -0.25) is 0 Å². The van der Waals surface area contributed by atoms with Gasteiger partial charge >= 0.3 is 12.0 Å². The molecule has 3 N–H and O–H groups in total. The number of hydrogen-bond donors (Lipinski definition) is 3. The normalized spacial score (nSPS) is 13.4. The Morgan fingerprint density at radius 3 is 2.43 bits per heavy atom. The molecule has 0 aliphatic heterocycles. The first-order chi connectivity index (χ1) is 9.76. The molecule has 21 heavy (non-hydrogen) atoms. The van der Waals surface area contributed by atoms with Gasteiger partial charge in [0, 0.05) is 12.1 Å². The molecule has 0 aromatic heterocycles. The van der Waals surface area contributed by atoms with Crippen molar-refractivity contribution in [3.05, 3.63) is 29.6 Å². The first kappa shape index (κ1) is 16.8. The molecule has 0 saturated heterocycles. The molecule has 0 aliphatic carbocycles. The van der Waals surface area contributed by atoms with E-state index in [1.807, 2.05) is 5.32 Å². The van der Waals surface area contributed by atoms with Crippen molar-refractivity contribution in [1.29, 1.82) is 0 Å². The van der Waals surface area contributed by atoms with Crippen LogP contribution in [0.4, 0.5) is 23.7 Å². The third-order valence-electron chi connectivity index (χ3n) is 3.01. The van der Waals surface area contributed by atoms with Gasteiger partial charge in [0.15, 0.2) is 11.6 Å². The van der Waals surface area contributed by atoms with E-state index < -0.39 is 41.2 Å². The predicted octanol–water partition coefficient (Wildman–Crippen LogP) is 2.72. The summed E-state index contributed by atoms with van der Waals surface area (Å²) < 4.78 is 39.3. The van der Waals surface area contributed by atoms with Crippen LogP contribution >= 0.6 is 0 Å². The highest BCUT2D eigenvalue weighted by molar-refractivity contribution is 5.92. The van der Waals surface area contributed by atoms with Gasteiger partial charge in [-0.1, -0.05) is 20.3 Å². The van der Waals surface area contributed by atoms with E-state index in [-0.39, 0.29) is 5.92 Å². The van der Waals surface area contributed by atoms with Crippen molar-refractivity contribution < 1.29 is 27.9 Å². The second-order valence-electron chi connectivity index (χ2n) is 4.55. The lowest BCUT2D eigenvalue weighted by Crippen LogP contribution is -2.46. The molecular weight excluding hydrogens is 289 g/mol. The Morgan fingerprint density at radius 1 is 1.29 bits per heavy atom. The lowest BCUT2D eigenvalue weighted by atomic mass is 9.99. The topological polar surface area (TPSA) is 78.4 Å². The number of benzene rings is 1. The van der Waals surface area contributed by atoms with E-state index in [9.17, 15) is 22.8 Å². The molecule has 0 radical (unpaired) electrons. The second-order valence-corrected chi connectivity index (χ2v) is 4.55. The monoisotopic (exact) mass is 304 g/mol. The van der Waals surface area contributed by atoms with Crippen LogP contribution in [0.15, 0.2) is 12.1 Å². The summed E-state index contributed by atoms with van der Waals surface area (Å²) >= 11 is 0. The highest BCUT2D eigenvalue weighted by atomic mass is 19.2. The van der Waals surface area contributed by atoms with Gasteiger partial charge < -0.3 is 15.7 Å². The summed E-state index contributed by atoms with van der Waals surface area (Å²) in [6.45, 7) is 3.35. The van der Waals surface area contributed by atoms with Gasteiger partial charge in [-0.15, -0.1) is 0 Å². The van der Waals surface area contributed by atoms with Crippen molar-refractivity contribution in [3.63, 3.8) is 0 Å². The SMILES string of the molecule is CCC(C)C(NC(=O)Nc1cc(F)cc(F)c1F)C(=O)O. The molecule has 2 atom stereocenters. The molecule has 0 saturated carbocycles. The van der Waals surface area contributed by atoms with Gasteiger partial charge in [0.25, 0.3) is 0 Å². The third-order valence-corrected chi connectivity index (χ3v) is 3.01. The number of halogens is 3. The summed E-state index contributed by atoms with van der Waals surface area (Å²) in [6.07, 6.45) is 0.486. The average molecular weight is 304 g/mol. The zero-order valence-electron chi connectivity index (χ0n) is 11.4. The van der Waals surface area contributed by atoms with Crippen molar-refractivity contribution in [2.45, 2.75) is 26.3 Å². The van der Waals surface area contributed by atoms with E-state index in [1.165, 1.54) is 0 Å². The maximum atomic E-state index is 13.4. The Morgan fingerprint density at radius 2 is 1.90 bits per heavy atom. The van der Waals surface area contributed by atoms with Crippen molar-refractivity contribution in [1.82, 2.24) is 5.32 Å². The first-order valence-corrected chi connectivity index (χ1v) is 6.21. The maximum Gasteiger partial charge on any atom is 0.326 e. The van der Waals surface area contributed by atoms with Crippen LogP contribution in [0, 0.1) is 23.4 Å². The van der Waals surface area contributed by atoms with Gasteiger partial charge in [0.05, 0.1) is 5.69 Å². The van der Waals surface area contributed by atoms with Crippen molar-refractivity contribution >= 4 is 17.7 Å². The Bertz CT molecular complexity index is 552. The molecule has 0 heterocycles. The Labute approximate surface area is 119 Å². The van der Waals surface area contributed by atoms with Crippen LogP contribution in [0.2, 0.25) is 0 Å². The number of carbonyl (C=O) groups is 2. The molecule has 0 fully saturated rings. The Kier molecular flexibility index (Phi) is 5.57. The first-order valence-electron chi connectivity index (χ1n) is 6.21. The molecule has 2 unspecified atom stereocenters. The number of anilines is 1. The molecule has 116 valence electrons. The van der Waals surface area contributed by atoms with E-state index in [2.05, 4.69) is 5.32 Å². The number of urea groups is 1. The number of carbonyl (C=O) groups excluding carboxylic acids is 1. The number of carboxylic acid groups (broad SMARTS) is 1. The van der Waals surface area contributed by atoms with Gasteiger partial charge in [-0.05, 0) is 5.92 Å². The largest absolute Gasteiger partial charge is 0.480 e. The van der Waals surface area contributed by atoms with Gasteiger partial charge in [-0.2, -0.15) is 0 Å². The third kappa shape index (κ3) is 4.37. The van der Waals surface area contributed by atoms with Crippen LogP contribution in [0.1, 0.15) is 20.3 Å². The summed E-state index contributed by atoms with van der Waals surface area (Å²) in [4.78, 5) is 22.7. The number of carboxylic acids is 1. The summed E-state index contributed by atoms with van der Waals surface area (Å²) in [5.74, 6) is -5.59. The van der Waals surface area contributed by atoms with Crippen LogP contribution in [-0.2, 0) is 4.79 Å². The summed E-state index contributed by atoms with van der Waals surface area (Å²) in [6, 6.07) is -1.34. The Hall–Kier alpha value is -2.25. The highest BCUT2D eigenvalue weighted by Gasteiger charge is 2.25. The second kappa shape index (κ2) is 6.96. The van der Waals surface area contributed by atoms with Crippen LogP contribution in [0.5, 0.6) is 0 Å². The average Bonchev–Trinajstić information content (AvgIpc) is 2.40. The van der Waals surface area contributed by atoms with Gasteiger partial charge in [0.2, 0.25) is 0 Å². The van der Waals surface area contributed by atoms with Crippen LogP contribution < -0.4 is 10.6 Å². The van der Waals surface area contributed by atoms with E-state index in [4.69, 9.17) is 5.11 Å². The zero-order chi connectivity index (χ0) is 16.2. The van der Waals surface area contributed by atoms with Crippen molar-refractivity contribution in [3.8, 4) is 0 Å². The minimum Gasteiger partial charge on any atom is -0.480 e. The van der Waals surface area contributed by atoms with Crippen molar-refractivity contribution in [2.24, 2.45) is 5.92 Å². The molecule has 1 rings (SSSR count). The van der Waals surface area contributed by atoms with E-state index in [1.54, 1.807) is 13.8 Å². The highest BCUT2D eigenvalue weighted by Crippen LogP contribution is 2.19. The lowest BCUT2D eigenvalue weighted by molar-refractivity contribution is -0.140. The van der Waals surface area contributed by atoms with E-state index >= 15 is 0 Å². The number of hydrogen-bond acceptors (Lipinski definition) is 2. The van der Waals surface area contributed by atoms with Gasteiger partial charge in [0.1, 0.15) is 11.9 Å². The summed E-state index contributed by atoms with van der Waals surface area (Å²) in [5, 5.41) is 13.0. The van der Waals surface area contributed by atoms with Crippen LogP contribution in [0.25, 0.3) is 0 Å². The minimum atomic E-state index is -1.46. The summed E-state index contributed by atoms with van der Waals surface area (Å²) in [7, 11) is 0. The molecule has 0 bridgehead atoms. The molecule has 2 amide bonds. The number of aliphatic carboxylic acids is 1. The molecule has 0 spiro atoms. The van der Waals surface area contributed by atoms with E-state index in [0.29, 0.717) is 18.6 Å². The predicted molar refractivity (Wildman–Crippen MR) is 69.3 cm³/mol. The smallest absolute Gasteiger partial charge is 0.326 e. The van der Waals surface area contributed by atoms with E-state index in [0.717, 1.165) is 0 Å². The fourth-order valence-corrected chi connectivity index (χ4v) is 1.63. The molecule has 5 nitrogen and oxygen atoms in total. The lowest BCUT2D eigenvalue weighted by Gasteiger charge is -2.20. The summed E-state index contributed by atoms with van der Waals surface area (Å²) in [5.41, 5.74) is -0.710. The Balaban J connectivity index is 2.84. The standard InChI is InChI=1S/C13H15F3N2O3/c1-3-6(2)11(12(19)20)18-13(21)17-9-5-7(14)4-8(15)10(9)16/h4-6,11H,3H2,1-2H3,(H,19,20)(H2,17,18,21). The fraction of sp³-hybridized carbons (Fsp3) is 0.385. The number of rotatable bonds is 5. The molecule has 1 aromatic rings. The molecular formula is C13H15F3N2O3. The fourth-order valence-electron chi connectivity index (χ4n) is 1.63. The van der Waals surface area contributed by atoms with Crippen LogP contribution in [-0.4, -0.2) is 23.1 Å².